The van der Waals surface area contributed by atoms with E-state index in [0.717, 1.165) is 13.1 Å². The van der Waals surface area contributed by atoms with E-state index in [1.54, 1.807) is 0 Å². The molecule has 1 heterocycles. The third kappa shape index (κ3) is 2.56. The van der Waals surface area contributed by atoms with Crippen molar-refractivity contribution >= 4 is 23.2 Å². The number of hydrogen-bond acceptors (Lipinski definition) is 3. The number of rotatable bonds is 4. The van der Waals surface area contributed by atoms with E-state index in [0.29, 0.717) is 0 Å². The Morgan fingerprint density at radius 2 is 2.00 bits per heavy atom. The summed E-state index contributed by atoms with van der Waals surface area (Å²) in [5.74, 6) is 0. The third-order valence-corrected chi connectivity index (χ3v) is 3.34. The summed E-state index contributed by atoms with van der Waals surface area (Å²) >= 11 is 11.5. The fourth-order valence-corrected chi connectivity index (χ4v) is 1.86. The van der Waals surface area contributed by atoms with Crippen LogP contribution < -0.4 is 5.56 Å². The van der Waals surface area contributed by atoms with Crippen LogP contribution in [-0.2, 0) is 0 Å². The van der Waals surface area contributed by atoms with Crippen molar-refractivity contribution in [2.24, 2.45) is 0 Å². The fraction of sp³-hybridized carbons (Fsp3) is 0.600. The van der Waals surface area contributed by atoms with Gasteiger partial charge in [0.05, 0.1) is 11.2 Å². The van der Waals surface area contributed by atoms with Crippen LogP contribution in [0.2, 0.25) is 10.0 Å². The molecule has 6 heteroatoms. The lowest BCUT2D eigenvalue weighted by Crippen LogP contribution is -2.37. The standard InChI is InChI=1S/C10H15Cl2N3O/c1-4-14(5-2)7(3)15-10(16)9(12)8(11)6-13-15/h6-7H,4-5H2,1-3H3. The van der Waals surface area contributed by atoms with Crippen LogP contribution in [0.1, 0.15) is 26.9 Å². The smallest absolute Gasteiger partial charge is 0.283 e. The van der Waals surface area contributed by atoms with Crippen molar-refractivity contribution in [1.29, 1.82) is 0 Å². The molecular weight excluding hydrogens is 249 g/mol. The van der Waals surface area contributed by atoms with E-state index in [9.17, 15) is 4.79 Å². The summed E-state index contributed by atoms with van der Waals surface area (Å²) in [6, 6.07) is 0. The molecule has 90 valence electrons. The summed E-state index contributed by atoms with van der Waals surface area (Å²) in [5, 5.41) is 4.21. The Morgan fingerprint density at radius 1 is 1.44 bits per heavy atom. The van der Waals surface area contributed by atoms with Gasteiger partial charge in [-0.25, -0.2) is 4.68 Å². The van der Waals surface area contributed by atoms with E-state index in [1.165, 1.54) is 10.9 Å². The average molecular weight is 264 g/mol. The first kappa shape index (κ1) is 13.5. The van der Waals surface area contributed by atoms with Crippen LogP contribution in [0, 0.1) is 0 Å². The predicted molar refractivity (Wildman–Crippen MR) is 66.1 cm³/mol. The molecule has 0 aromatic carbocycles. The van der Waals surface area contributed by atoms with Gasteiger partial charge in [0, 0.05) is 0 Å². The zero-order chi connectivity index (χ0) is 12.3. The van der Waals surface area contributed by atoms with Gasteiger partial charge in [0.15, 0.2) is 0 Å². The second-order valence-corrected chi connectivity index (χ2v) is 4.19. The summed E-state index contributed by atoms with van der Waals surface area (Å²) in [4.78, 5) is 13.9. The highest BCUT2D eigenvalue weighted by Gasteiger charge is 2.16. The van der Waals surface area contributed by atoms with E-state index in [-0.39, 0.29) is 21.8 Å². The summed E-state index contributed by atoms with van der Waals surface area (Å²) in [6.07, 6.45) is 1.27. The minimum absolute atomic E-state index is 0.0238. The maximum Gasteiger partial charge on any atom is 0.288 e. The Bertz CT molecular complexity index is 415. The first-order valence-electron chi connectivity index (χ1n) is 5.19. The van der Waals surface area contributed by atoms with Crippen molar-refractivity contribution in [2.45, 2.75) is 26.9 Å². The van der Waals surface area contributed by atoms with Crippen LogP contribution in [0.3, 0.4) is 0 Å². The highest BCUT2D eigenvalue weighted by molar-refractivity contribution is 6.41. The highest BCUT2D eigenvalue weighted by atomic mass is 35.5. The second kappa shape index (κ2) is 5.66. The number of hydrogen-bond donors (Lipinski definition) is 0. The van der Waals surface area contributed by atoms with E-state index in [2.05, 4.69) is 10.00 Å². The maximum atomic E-state index is 11.8. The van der Waals surface area contributed by atoms with Gasteiger partial charge in [0.25, 0.3) is 5.56 Å². The topological polar surface area (TPSA) is 38.1 Å². The van der Waals surface area contributed by atoms with E-state index in [4.69, 9.17) is 23.2 Å². The van der Waals surface area contributed by atoms with Gasteiger partial charge in [-0.1, -0.05) is 37.0 Å². The molecule has 0 radical (unpaired) electrons. The van der Waals surface area contributed by atoms with E-state index in [1.807, 2.05) is 20.8 Å². The molecule has 1 rings (SSSR count). The van der Waals surface area contributed by atoms with Crippen LogP contribution in [0.15, 0.2) is 11.0 Å². The largest absolute Gasteiger partial charge is 0.288 e. The number of nitrogens with zero attached hydrogens (tertiary/aromatic N) is 3. The van der Waals surface area contributed by atoms with Crippen LogP contribution in [0.5, 0.6) is 0 Å². The van der Waals surface area contributed by atoms with Crippen molar-refractivity contribution < 1.29 is 0 Å². The van der Waals surface area contributed by atoms with Crippen LogP contribution in [-0.4, -0.2) is 27.8 Å². The van der Waals surface area contributed by atoms with Gasteiger partial charge < -0.3 is 0 Å². The first-order chi connectivity index (χ1) is 7.52. The molecular formula is C10H15Cl2N3O. The molecule has 0 aliphatic heterocycles. The Morgan fingerprint density at radius 3 is 2.50 bits per heavy atom. The monoisotopic (exact) mass is 263 g/mol. The lowest BCUT2D eigenvalue weighted by atomic mass is 10.4. The molecule has 0 aliphatic carbocycles. The Kier molecular flexibility index (Phi) is 4.77. The summed E-state index contributed by atoms with van der Waals surface area (Å²) < 4.78 is 1.35. The SMILES string of the molecule is CCN(CC)C(C)n1ncc(Cl)c(Cl)c1=O. The molecule has 1 aromatic heterocycles. The zero-order valence-corrected chi connectivity index (χ0v) is 11.1. The number of aromatic nitrogens is 2. The lowest BCUT2D eigenvalue weighted by molar-refractivity contribution is 0.153. The Hall–Kier alpha value is -0.580. The maximum absolute atomic E-state index is 11.8. The quantitative estimate of drug-likeness (QED) is 0.838. The Labute approximate surface area is 105 Å². The van der Waals surface area contributed by atoms with Crippen LogP contribution >= 0.6 is 23.2 Å². The molecule has 0 N–H and O–H groups in total. The molecule has 0 saturated heterocycles. The summed E-state index contributed by atoms with van der Waals surface area (Å²) in [6.45, 7) is 7.65. The molecule has 0 saturated carbocycles. The van der Waals surface area contributed by atoms with Gasteiger partial charge >= 0.3 is 0 Å². The minimum atomic E-state index is -0.353. The molecule has 4 nitrogen and oxygen atoms in total. The van der Waals surface area contributed by atoms with Crippen molar-refractivity contribution in [3.05, 3.63) is 26.6 Å². The molecule has 1 aromatic rings. The molecule has 0 amide bonds. The Balaban J connectivity index is 3.14. The van der Waals surface area contributed by atoms with Crippen molar-refractivity contribution in [3.63, 3.8) is 0 Å². The van der Waals surface area contributed by atoms with Crippen molar-refractivity contribution in [3.8, 4) is 0 Å². The molecule has 0 bridgehead atoms. The van der Waals surface area contributed by atoms with Crippen LogP contribution in [0.4, 0.5) is 0 Å². The molecule has 1 unspecified atom stereocenters. The molecule has 16 heavy (non-hydrogen) atoms. The van der Waals surface area contributed by atoms with Crippen LogP contribution in [0.25, 0.3) is 0 Å². The predicted octanol–water partition coefficient (Wildman–Crippen LogP) is 2.41. The third-order valence-electron chi connectivity index (χ3n) is 2.60. The highest BCUT2D eigenvalue weighted by Crippen LogP contribution is 2.17. The summed E-state index contributed by atoms with van der Waals surface area (Å²) in [5.41, 5.74) is -0.353. The first-order valence-corrected chi connectivity index (χ1v) is 5.95. The van der Waals surface area contributed by atoms with Gasteiger partial charge in [-0.15, -0.1) is 0 Å². The number of halogens is 2. The second-order valence-electron chi connectivity index (χ2n) is 3.41. The molecule has 0 spiro atoms. The zero-order valence-electron chi connectivity index (χ0n) is 9.57. The van der Waals surface area contributed by atoms with E-state index >= 15 is 0 Å². The van der Waals surface area contributed by atoms with Gasteiger partial charge in [0.2, 0.25) is 0 Å². The molecule has 0 fully saturated rings. The normalized spacial score (nSPS) is 13.1. The fourth-order valence-electron chi connectivity index (χ4n) is 1.60. The van der Waals surface area contributed by atoms with Gasteiger partial charge in [-0.05, 0) is 20.0 Å². The van der Waals surface area contributed by atoms with Gasteiger partial charge in [0.1, 0.15) is 11.2 Å². The summed E-state index contributed by atoms with van der Waals surface area (Å²) in [7, 11) is 0. The van der Waals surface area contributed by atoms with Gasteiger partial charge in [-0.3, -0.25) is 9.69 Å². The molecule has 1 atom stereocenters. The van der Waals surface area contributed by atoms with Gasteiger partial charge in [-0.2, -0.15) is 5.10 Å². The van der Waals surface area contributed by atoms with Crippen molar-refractivity contribution in [2.75, 3.05) is 13.1 Å². The average Bonchev–Trinajstić information content (AvgIpc) is 2.27. The van der Waals surface area contributed by atoms with E-state index < -0.39 is 0 Å². The lowest BCUT2D eigenvalue weighted by Gasteiger charge is -2.26. The molecule has 0 aliphatic rings. The van der Waals surface area contributed by atoms with Crippen molar-refractivity contribution in [1.82, 2.24) is 14.7 Å². The minimum Gasteiger partial charge on any atom is -0.283 e.